The first kappa shape index (κ1) is 98.6. The average Bonchev–Trinajstić information content (AvgIpc) is 0.860. The summed E-state index contributed by atoms with van der Waals surface area (Å²) >= 11 is 12.6. The van der Waals surface area contributed by atoms with E-state index in [1.165, 1.54) is 24.3 Å². The zero-order valence-corrected chi connectivity index (χ0v) is 83.5. The van der Waals surface area contributed by atoms with Crippen molar-refractivity contribution in [2.75, 3.05) is 36.0 Å². The molecule has 0 aliphatic carbocycles. The lowest BCUT2D eigenvalue weighted by Crippen LogP contribution is -2.21. The number of carboxylic acids is 1. The summed E-state index contributed by atoms with van der Waals surface area (Å²) in [6, 6.07) is 121. The van der Waals surface area contributed by atoms with E-state index >= 15 is 0 Å². The molecule has 0 atom stereocenters. The largest absolute Gasteiger partial charge is 0.503 e. The van der Waals surface area contributed by atoms with Crippen LogP contribution in [0.2, 0.25) is 0 Å². The molecule has 0 saturated heterocycles. The standard InChI is InChI=1S/C23H21NO3.C23H21NO2S.C23H14O3S.C20H12O5.C19H12O3.C19H12O2S/c1-3-24(4-2)18-11-9-15(10-12-18)23-22(26)21(25)19-13-16-7-5-6-8-17(16)14-20(19)27-23;1-3-24(4-2)18-11-9-15(10-12-18)22-21(25)23(27)19-13-16-7-5-6-8-17(16)14-20(19)26-22;24-21-18-12-16-4-1-2-5-17(16)13-19(18)26-23(22(21)25)15-9-7-14(8-10-15)20-6-3-11-27-20;21-17-15-9-13-3-1-2-4-14(13)10-16(15)25-19(18(17)22)11-5-7-12(8-6-11)20(23)24;20-17-15-10-13-8-4-5-9-14(13)11-16(15)22-19(18(17)21)12-6-2-1-3-7-12;20-17-18(12-6-2-1-3-7-12)21-16-11-14-9-5-4-8-13(14)10-15(16)19(17)22/h5-14,26H,3-4H2,1-2H3;5-14,25H,3-4H2,1-2H3;1-13,25H;1-10,22H,(H,23,24);1-11,21H;1-11,20H. The molecule has 736 valence electrons. The maximum Gasteiger partial charge on any atom is 0.335 e. The Morgan fingerprint density at radius 1 is 0.247 bits per heavy atom. The molecule has 0 radical (unpaired) electrons. The van der Waals surface area contributed by atoms with Gasteiger partial charge in [0.25, 0.3) is 0 Å². The number of carbonyl (C=O) groups is 1. The lowest BCUT2D eigenvalue weighted by molar-refractivity contribution is 0.0696. The van der Waals surface area contributed by atoms with E-state index in [1.54, 1.807) is 53.8 Å². The minimum Gasteiger partial charge on any atom is -0.503 e. The molecule has 7 heterocycles. The highest BCUT2D eigenvalue weighted by molar-refractivity contribution is 7.72. The molecule has 18 aromatic carbocycles. The Morgan fingerprint density at radius 2 is 0.453 bits per heavy atom. The van der Waals surface area contributed by atoms with E-state index < -0.39 is 33.4 Å². The fourth-order valence-electron chi connectivity index (χ4n) is 18.4. The van der Waals surface area contributed by atoms with Crippen molar-refractivity contribution in [2.45, 2.75) is 27.7 Å². The third-order valence-corrected chi connectivity index (χ3v) is 28.1. The van der Waals surface area contributed by atoms with Crippen LogP contribution in [0.25, 0.3) is 209 Å². The van der Waals surface area contributed by atoms with Crippen LogP contribution in [0.3, 0.4) is 0 Å². The van der Waals surface area contributed by atoms with Crippen molar-refractivity contribution in [1.29, 1.82) is 0 Å². The van der Waals surface area contributed by atoms with Crippen LogP contribution in [0.4, 0.5) is 11.4 Å². The fraction of sp³-hybridized carbons (Fsp3) is 0.0630. The summed E-state index contributed by atoms with van der Waals surface area (Å²) in [7, 11) is 0. The summed E-state index contributed by atoms with van der Waals surface area (Å²) in [4.78, 5) is 67.0. The topological polar surface area (TPSA) is 312 Å². The zero-order valence-electron chi connectivity index (χ0n) is 81.1. The number of nitrogens with zero attached hydrogens (tertiary/aromatic N) is 2. The quantitative estimate of drug-likeness (QED) is 0.0393. The number of hydrogen-bond donors (Lipinski definition) is 7. The Balaban J connectivity index is 0.000000109. The minimum atomic E-state index is -1.05. The van der Waals surface area contributed by atoms with Gasteiger partial charge < -0.3 is 72.0 Å². The Kier molecular flexibility index (Phi) is 28.2. The van der Waals surface area contributed by atoms with Gasteiger partial charge in [-0.3, -0.25) is 19.2 Å². The van der Waals surface area contributed by atoms with Gasteiger partial charge in [-0.2, -0.15) is 0 Å². The molecule has 0 fully saturated rings. The van der Waals surface area contributed by atoms with Crippen LogP contribution in [0.1, 0.15) is 38.1 Å². The minimum absolute atomic E-state index is 0.0170. The molecular formula is C127H92N2O18S3. The summed E-state index contributed by atoms with van der Waals surface area (Å²) in [5.74, 6) is -1.14. The summed E-state index contributed by atoms with van der Waals surface area (Å²) in [5, 5.41) is 88.4. The van der Waals surface area contributed by atoms with E-state index in [9.17, 15) is 54.6 Å². The molecule has 20 nitrogen and oxygen atoms in total. The van der Waals surface area contributed by atoms with Crippen molar-refractivity contribution < 1.29 is 67.0 Å². The average molecular weight is 2030 g/mol. The molecule has 0 aliphatic heterocycles. The van der Waals surface area contributed by atoms with E-state index in [0.29, 0.717) is 97.8 Å². The monoisotopic (exact) mass is 2030 g/mol. The number of fused-ring (bicyclic) bond motifs is 12. The van der Waals surface area contributed by atoms with Crippen LogP contribution in [0, 0.1) is 9.02 Å². The van der Waals surface area contributed by atoms with Crippen LogP contribution in [0.5, 0.6) is 34.5 Å². The van der Waals surface area contributed by atoms with Crippen molar-refractivity contribution in [3.8, 4) is 113 Å². The number of rotatable bonds is 14. The highest BCUT2D eigenvalue weighted by atomic mass is 32.1. The lowest BCUT2D eigenvalue weighted by Gasteiger charge is -2.21. The third kappa shape index (κ3) is 20.0. The highest BCUT2D eigenvalue weighted by Crippen LogP contribution is 2.44. The molecule has 0 saturated carbocycles. The highest BCUT2D eigenvalue weighted by Gasteiger charge is 2.25. The van der Waals surface area contributed by atoms with Crippen molar-refractivity contribution in [2.24, 2.45) is 0 Å². The smallest absolute Gasteiger partial charge is 0.335 e. The molecule has 150 heavy (non-hydrogen) atoms. The summed E-state index contributed by atoms with van der Waals surface area (Å²) < 4.78 is 36.4. The second-order valence-electron chi connectivity index (χ2n) is 35.4. The summed E-state index contributed by atoms with van der Waals surface area (Å²) in [6.07, 6.45) is 0. The van der Waals surface area contributed by atoms with E-state index in [-0.39, 0.29) is 57.4 Å². The Labute approximate surface area is 870 Å². The van der Waals surface area contributed by atoms with Gasteiger partial charge in [0.05, 0.1) is 36.1 Å². The molecular weight excluding hydrogens is 1940 g/mol. The molecule has 0 spiro atoms. The SMILES string of the molecule is CCN(CC)c1ccc(-c2oc3cc4ccccc4cc3c(=O)c2O)cc1.CCN(CC)c1ccc(-c2oc3cc4ccccc4cc3c(=S)c2O)cc1.O=C(O)c1ccc(-c2oc3cc4ccccc4cc3c(=O)c2O)cc1.O=c1c(O)c(-c2ccc(-c3cccs3)cc2)oc2cc3ccccc3cc12.O=c1c(O)c(-c2ccccc2)oc2cc3ccccc3cc12.Oc1c(-c2ccccc2)oc2cc3ccccc3cc2c1=S. The molecule has 23 heteroatoms. The Morgan fingerprint density at radius 3 is 0.693 bits per heavy atom. The van der Waals surface area contributed by atoms with Gasteiger partial charge in [0.2, 0.25) is 44.7 Å². The van der Waals surface area contributed by atoms with E-state index in [1.807, 2.05) is 321 Å². The van der Waals surface area contributed by atoms with Crippen LogP contribution in [-0.2, 0) is 0 Å². The number of aromatic carboxylic acids is 1. The van der Waals surface area contributed by atoms with Crippen LogP contribution < -0.4 is 31.5 Å². The Hall–Kier alpha value is -18.8. The van der Waals surface area contributed by atoms with Crippen LogP contribution in [-0.4, -0.2) is 67.9 Å². The first-order valence-electron chi connectivity index (χ1n) is 48.4. The number of carboxylic acid groups (broad SMARTS) is 1. The van der Waals surface area contributed by atoms with Gasteiger partial charge in [0.15, 0.2) is 46.1 Å². The predicted octanol–water partition coefficient (Wildman–Crippen LogP) is 31.8. The second kappa shape index (κ2) is 42.8. The molecule has 0 bridgehead atoms. The second-order valence-corrected chi connectivity index (χ2v) is 37.2. The Bertz CT molecular complexity index is 9530. The van der Waals surface area contributed by atoms with Crippen LogP contribution >= 0.6 is 35.8 Å². The summed E-state index contributed by atoms with van der Waals surface area (Å²) in [5.41, 5.74) is 8.86. The predicted molar refractivity (Wildman–Crippen MR) is 609 cm³/mol. The van der Waals surface area contributed by atoms with Gasteiger partial charge in [0, 0.05) is 86.6 Å². The van der Waals surface area contributed by atoms with Gasteiger partial charge >= 0.3 is 5.97 Å². The van der Waals surface area contributed by atoms with Crippen molar-refractivity contribution in [1.82, 2.24) is 0 Å². The number of aromatic hydroxyl groups is 6. The van der Waals surface area contributed by atoms with Gasteiger partial charge in [0.1, 0.15) is 33.5 Å². The van der Waals surface area contributed by atoms with Gasteiger partial charge in [-0.25, -0.2) is 4.79 Å². The summed E-state index contributed by atoms with van der Waals surface area (Å²) in [6.45, 7) is 12.2. The number of benzene rings is 18. The normalized spacial score (nSPS) is 11.1. The molecule has 0 amide bonds. The van der Waals surface area contributed by atoms with Gasteiger partial charge in [-0.05, 0) is 243 Å². The zero-order chi connectivity index (χ0) is 104. The number of anilines is 2. The molecule has 7 aromatic heterocycles. The van der Waals surface area contributed by atoms with Crippen LogP contribution in [0.15, 0.2) is 439 Å². The van der Waals surface area contributed by atoms with Crippen molar-refractivity contribution in [3.05, 3.63) is 449 Å². The maximum absolute atomic E-state index is 12.7. The molecule has 25 aromatic rings. The first-order valence-corrected chi connectivity index (χ1v) is 50.1. The molecule has 0 unspecified atom stereocenters. The van der Waals surface area contributed by atoms with Crippen molar-refractivity contribution in [3.63, 3.8) is 0 Å². The van der Waals surface area contributed by atoms with E-state index in [0.717, 1.165) is 135 Å². The third-order valence-electron chi connectivity index (χ3n) is 26.3. The molecule has 7 N–H and O–H groups in total. The maximum atomic E-state index is 12.7. The van der Waals surface area contributed by atoms with E-state index in [4.69, 9.17) is 56.0 Å². The van der Waals surface area contributed by atoms with Gasteiger partial charge in [-0.15, -0.1) is 11.3 Å². The molecule has 0 aliphatic rings. The van der Waals surface area contributed by atoms with Crippen molar-refractivity contribution >= 4 is 184 Å². The van der Waals surface area contributed by atoms with Gasteiger partial charge in [-0.1, -0.05) is 273 Å². The molecule has 25 rings (SSSR count). The fourth-order valence-corrected chi connectivity index (χ4v) is 19.6. The van der Waals surface area contributed by atoms with E-state index in [2.05, 4.69) is 43.6 Å². The lowest BCUT2D eigenvalue weighted by atomic mass is 10.0. The first-order chi connectivity index (χ1) is 73.0. The number of hydrogen-bond acceptors (Lipinski definition) is 22. The number of thiophene rings is 1.